The molecule has 0 spiro atoms. The Kier molecular flexibility index (Phi) is 5.43. The molecule has 5 rings (SSSR count). The van der Waals surface area contributed by atoms with Crippen molar-refractivity contribution in [2.24, 2.45) is 4.99 Å². The molecule has 8 heteroatoms. The number of halogens is 4. The van der Waals surface area contributed by atoms with Gasteiger partial charge >= 0.3 is 6.18 Å². The summed E-state index contributed by atoms with van der Waals surface area (Å²) >= 11 is 0. The number of amides is 1. The molecule has 2 aliphatic rings. The first-order valence-electron chi connectivity index (χ1n) is 10.7. The zero-order valence-electron chi connectivity index (χ0n) is 17.8. The topological polar surface area (TPSA) is 44.7 Å². The zero-order valence-corrected chi connectivity index (χ0v) is 17.8. The standard InChI is InChI=1S/C26H19F4N3O/c27-19-11-9-17(10-12-19)24-21-22(16-5-2-1-3-6-16)31-13-14-32-23(21)25(34)33(24)20-8-4-7-18(15-20)26(28,29)30/h1-12,15,24,32H,13-14H2/t24-/m1/s1. The maximum atomic E-state index is 13.7. The fraction of sp³-hybridized carbons (Fsp3) is 0.154. The Morgan fingerprint density at radius 2 is 1.68 bits per heavy atom. The average molecular weight is 465 g/mol. The van der Waals surface area contributed by atoms with Gasteiger partial charge in [0.2, 0.25) is 0 Å². The summed E-state index contributed by atoms with van der Waals surface area (Å²) in [7, 11) is 0. The predicted molar refractivity (Wildman–Crippen MR) is 121 cm³/mol. The van der Waals surface area contributed by atoms with Crippen molar-refractivity contribution in [3.8, 4) is 0 Å². The van der Waals surface area contributed by atoms with Crippen LogP contribution in [0.1, 0.15) is 22.7 Å². The molecule has 0 saturated carbocycles. The molecule has 0 radical (unpaired) electrons. The van der Waals surface area contributed by atoms with Crippen LogP contribution in [0, 0.1) is 5.82 Å². The van der Waals surface area contributed by atoms with Crippen LogP contribution in [0.4, 0.5) is 23.2 Å². The molecule has 0 aromatic heterocycles. The van der Waals surface area contributed by atoms with E-state index in [1.807, 2.05) is 30.3 Å². The van der Waals surface area contributed by atoms with Crippen LogP contribution in [-0.2, 0) is 11.0 Å². The summed E-state index contributed by atoms with van der Waals surface area (Å²) in [5, 5.41) is 3.13. The van der Waals surface area contributed by atoms with Gasteiger partial charge in [-0.3, -0.25) is 14.7 Å². The summed E-state index contributed by atoms with van der Waals surface area (Å²) in [4.78, 5) is 19.7. The highest BCUT2D eigenvalue weighted by Crippen LogP contribution is 2.43. The Hall–Kier alpha value is -3.94. The molecule has 4 nitrogen and oxygen atoms in total. The van der Waals surface area contributed by atoms with Gasteiger partial charge in [-0.1, -0.05) is 48.5 Å². The number of rotatable bonds is 3. The van der Waals surface area contributed by atoms with Gasteiger partial charge < -0.3 is 5.32 Å². The fourth-order valence-corrected chi connectivity index (χ4v) is 4.37. The van der Waals surface area contributed by atoms with E-state index in [2.05, 4.69) is 5.32 Å². The first kappa shape index (κ1) is 21.9. The SMILES string of the molecule is O=C1C2=C(C(c3ccccc3)=NCCN2)[C@@H](c2ccc(F)cc2)N1c1cccc(C(F)(F)F)c1. The van der Waals surface area contributed by atoms with Crippen LogP contribution >= 0.6 is 0 Å². The minimum atomic E-state index is -4.57. The van der Waals surface area contributed by atoms with E-state index in [9.17, 15) is 22.4 Å². The highest BCUT2D eigenvalue weighted by atomic mass is 19.4. The first-order valence-corrected chi connectivity index (χ1v) is 10.7. The maximum absolute atomic E-state index is 13.7. The lowest BCUT2D eigenvalue weighted by Gasteiger charge is -2.29. The van der Waals surface area contributed by atoms with Crippen LogP contribution in [-0.4, -0.2) is 24.7 Å². The monoisotopic (exact) mass is 465 g/mol. The summed E-state index contributed by atoms with van der Waals surface area (Å²) in [6.07, 6.45) is -4.57. The van der Waals surface area contributed by atoms with E-state index in [1.54, 1.807) is 0 Å². The third-order valence-electron chi connectivity index (χ3n) is 5.86. The van der Waals surface area contributed by atoms with Gasteiger partial charge in [0.25, 0.3) is 5.91 Å². The van der Waals surface area contributed by atoms with Gasteiger partial charge in [0.05, 0.1) is 23.9 Å². The molecule has 1 N–H and O–H groups in total. The number of nitrogens with one attached hydrogen (secondary N) is 1. The second-order valence-electron chi connectivity index (χ2n) is 7.99. The third kappa shape index (κ3) is 3.85. The molecule has 0 fully saturated rings. The quantitative estimate of drug-likeness (QED) is 0.535. The lowest BCUT2D eigenvalue weighted by molar-refractivity contribution is -0.137. The predicted octanol–water partition coefficient (Wildman–Crippen LogP) is 5.28. The minimum Gasteiger partial charge on any atom is -0.378 e. The largest absolute Gasteiger partial charge is 0.416 e. The van der Waals surface area contributed by atoms with E-state index in [-0.39, 0.29) is 11.4 Å². The summed E-state index contributed by atoms with van der Waals surface area (Å²) in [6.45, 7) is 0.817. The molecule has 3 aromatic rings. The Balaban J connectivity index is 1.72. The van der Waals surface area contributed by atoms with Crippen LogP contribution in [0.5, 0.6) is 0 Å². The third-order valence-corrected chi connectivity index (χ3v) is 5.86. The van der Waals surface area contributed by atoms with Gasteiger partial charge in [0.1, 0.15) is 11.5 Å². The molecule has 2 aliphatic heterocycles. The van der Waals surface area contributed by atoms with Crippen molar-refractivity contribution in [1.29, 1.82) is 0 Å². The van der Waals surface area contributed by atoms with Crippen molar-refractivity contribution in [1.82, 2.24) is 5.32 Å². The lowest BCUT2D eigenvalue weighted by Crippen LogP contribution is -2.34. The smallest absolute Gasteiger partial charge is 0.378 e. The number of alkyl halides is 3. The molecule has 0 bridgehead atoms. The van der Waals surface area contributed by atoms with Crippen LogP contribution in [0.15, 0.2) is 95.1 Å². The molecule has 34 heavy (non-hydrogen) atoms. The van der Waals surface area contributed by atoms with E-state index in [0.29, 0.717) is 29.9 Å². The number of carbonyl (C=O) groups excluding carboxylic acids is 1. The number of aliphatic imine (C=N–C) groups is 1. The molecular weight excluding hydrogens is 446 g/mol. The van der Waals surface area contributed by atoms with E-state index in [4.69, 9.17) is 4.99 Å². The fourth-order valence-electron chi connectivity index (χ4n) is 4.37. The number of carbonyl (C=O) groups is 1. The van der Waals surface area contributed by atoms with Gasteiger partial charge in [0, 0.05) is 23.4 Å². The van der Waals surface area contributed by atoms with Gasteiger partial charge in [-0.25, -0.2) is 4.39 Å². The molecule has 0 saturated heterocycles. The van der Waals surface area contributed by atoms with Gasteiger partial charge in [-0.15, -0.1) is 0 Å². The van der Waals surface area contributed by atoms with Crippen molar-refractivity contribution < 1.29 is 22.4 Å². The van der Waals surface area contributed by atoms with Crippen LogP contribution in [0.3, 0.4) is 0 Å². The first-order chi connectivity index (χ1) is 16.3. The van der Waals surface area contributed by atoms with E-state index in [1.165, 1.54) is 41.3 Å². The number of nitrogens with zero attached hydrogens (tertiary/aromatic N) is 2. The number of benzene rings is 3. The summed E-state index contributed by atoms with van der Waals surface area (Å²) < 4.78 is 54.1. The van der Waals surface area contributed by atoms with Gasteiger partial charge in [0.15, 0.2) is 0 Å². The summed E-state index contributed by atoms with van der Waals surface area (Å²) in [5.41, 5.74) is 2.00. The molecular formula is C26H19F4N3O. The average Bonchev–Trinajstić information content (AvgIpc) is 2.97. The Morgan fingerprint density at radius 3 is 2.38 bits per heavy atom. The van der Waals surface area contributed by atoms with Crippen molar-refractivity contribution in [2.45, 2.75) is 12.2 Å². The van der Waals surface area contributed by atoms with Gasteiger partial charge in [-0.2, -0.15) is 13.2 Å². The maximum Gasteiger partial charge on any atom is 0.416 e. The molecule has 1 amide bonds. The molecule has 2 heterocycles. The molecule has 172 valence electrons. The minimum absolute atomic E-state index is 0.0939. The molecule has 0 aliphatic carbocycles. The second-order valence-corrected chi connectivity index (χ2v) is 7.99. The highest BCUT2D eigenvalue weighted by Gasteiger charge is 2.44. The van der Waals surface area contributed by atoms with E-state index >= 15 is 0 Å². The van der Waals surface area contributed by atoms with Crippen LogP contribution in [0.2, 0.25) is 0 Å². The van der Waals surface area contributed by atoms with Gasteiger partial charge in [-0.05, 0) is 35.9 Å². The van der Waals surface area contributed by atoms with Crippen molar-refractivity contribution in [3.05, 3.63) is 113 Å². The summed E-state index contributed by atoms with van der Waals surface area (Å²) in [5.74, 6) is -0.919. The number of hydrogen-bond acceptors (Lipinski definition) is 3. The zero-order chi connectivity index (χ0) is 23.9. The molecule has 1 atom stereocenters. The van der Waals surface area contributed by atoms with Crippen molar-refractivity contribution >= 4 is 17.3 Å². The Labute approximate surface area is 193 Å². The highest BCUT2D eigenvalue weighted by molar-refractivity contribution is 6.23. The lowest BCUT2D eigenvalue weighted by atomic mass is 9.91. The van der Waals surface area contributed by atoms with Crippen LogP contribution in [0.25, 0.3) is 0 Å². The molecule has 3 aromatic carbocycles. The van der Waals surface area contributed by atoms with Crippen molar-refractivity contribution in [3.63, 3.8) is 0 Å². The number of hydrogen-bond donors (Lipinski definition) is 1. The van der Waals surface area contributed by atoms with E-state index in [0.717, 1.165) is 17.7 Å². The molecule has 0 unspecified atom stereocenters. The van der Waals surface area contributed by atoms with Crippen LogP contribution < -0.4 is 10.2 Å². The Bertz CT molecular complexity index is 1300. The second kappa shape index (κ2) is 8.44. The Morgan fingerprint density at radius 1 is 0.941 bits per heavy atom. The normalized spacial score (nSPS) is 18.4. The number of anilines is 1. The van der Waals surface area contributed by atoms with E-state index < -0.39 is 29.5 Å². The summed E-state index contributed by atoms with van der Waals surface area (Å²) in [6, 6.07) is 18.8. The van der Waals surface area contributed by atoms with Crippen molar-refractivity contribution in [2.75, 3.05) is 18.0 Å².